The maximum Gasteiger partial charge on any atom is 0.254 e. The first-order valence-electron chi connectivity index (χ1n) is 5.77. The lowest BCUT2D eigenvalue weighted by Crippen LogP contribution is -2.25. The second-order valence-corrected chi connectivity index (χ2v) is 4.98. The molecule has 1 aromatic carbocycles. The summed E-state index contributed by atoms with van der Waals surface area (Å²) >= 11 is 1.73. The Morgan fingerprint density at radius 2 is 2.06 bits per heavy atom. The molecule has 0 spiro atoms. The zero-order chi connectivity index (χ0) is 12.8. The number of thioether (sulfide) groups is 1. The van der Waals surface area contributed by atoms with Crippen LogP contribution in [0.3, 0.4) is 0 Å². The van der Waals surface area contributed by atoms with Crippen molar-refractivity contribution in [2.45, 2.75) is 11.8 Å². The molecule has 1 N–H and O–H groups in total. The average molecular weight is 261 g/mol. The first kappa shape index (κ1) is 12.8. The van der Waals surface area contributed by atoms with Gasteiger partial charge >= 0.3 is 0 Å². The molecule has 0 fully saturated rings. The van der Waals surface area contributed by atoms with E-state index in [1.165, 1.54) is 11.2 Å². The Morgan fingerprint density at radius 3 is 2.72 bits per heavy atom. The van der Waals surface area contributed by atoms with Crippen LogP contribution in [-0.2, 0) is 0 Å². The van der Waals surface area contributed by atoms with Gasteiger partial charge in [0.05, 0.1) is 11.8 Å². The molecule has 94 valence electrons. The molecule has 2 rings (SSSR count). The van der Waals surface area contributed by atoms with E-state index in [4.69, 9.17) is 4.42 Å². The van der Waals surface area contributed by atoms with Crippen molar-refractivity contribution < 1.29 is 9.21 Å². The molecule has 0 unspecified atom stereocenters. The molecule has 1 amide bonds. The van der Waals surface area contributed by atoms with E-state index in [2.05, 4.69) is 17.4 Å². The van der Waals surface area contributed by atoms with Gasteiger partial charge in [0.1, 0.15) is 5.76 Å². The first-order chi connectivity index (χ1) is 8.77. The summed E-state index contributed by atoms with van der Waals surface area (Å²) in [5.74, 6) is 1.44. The van der Waals surface area contributed by atoms with E-state index in [1.54, 1.807) is 24.8 Å². The number of furan rings is 1. The van der Waals surface area contributed by atoms with Gasteiger partial charge < -0.3 is 9.73 Å². The smallest absolute Gasteiger partial charge is 0.254 e. The number of carbonyl (C=O) groups is 1. The molecule has 0 bridgehead atoms. The van der Waals surface area contributed by atoms with Crippen LogP contribution in [0.5, 0.6) is 0 Å². The molecule has 2 aromatic rings. The van der Waals surface area contributed by atoms with E-state index in [1.807, 2.05) is 18.2 Å². The van der Waals surface area contributed by atoms with Gasteiger partial charge in [0.2, 0.25) is 0 Å². The molecule has 0 radical (unpaired) electrons. The van der Waals surface area contributed by atoms with Gasteiger partial charge in [0, 0.05) is 17.2 Å². The number of amides is 1. The molecule has 0 aliphatic carbocycles. The van der Waals surface area contributed by atoms with Crippen molar-refractivity contribution in [2.75, 3.05) is 12.3 Å². The molecule has 18 heavy (non-hydrogen) atoms. The van der Waals surface area contributed by atoms with Crippen LogP contribution < -0.4 is 5.32 Å². The van der Waals surface area contributed by atoms with Crippen molar-refractivity contribution >= 4 is 17.7 Å². The summed E-state index contributed by atoms with van der Waals surface area (Å²) in [5, 5.41) is 2.88. The van der Waals surface area contributed by atoms with Crippen LogP contribution in [0.2, 0.25) is 0 Å². The number of hydrogen-bond donors (Lipinski definition) is 1. The Balaban J connectivity index is 1.73. The fraction of sp³-hybridized carbons (Fsp3) is 0.214. The Kier molecular flexibility index (Phi) is 4.47. The number of aryl methyl sites for hydroxylation is 1. The lowest BCUT2D eigenvalue weighted by Gasteiger charge is -2.04. The highest BCUT2D eigenvalue weighted by atomic mass is 32.2. The summed E-state index contributed by atoms with van der Waals surface area (Å²) < 4.78 is 5.10. The summed E-state index contributed by atoms with van der Waals surface area (Å²) in [5.41, 5.74) is 0.611. The van der Waals surface area contributed by atoms with Gasteiger partial charge in [-0.2, -0.15) is 0 Å². The van der Waals surface area contributed by atoms with Crippen molar-refractivity contribution in [1.29, 1.82) is 0 Å². The van der Waals surface area contributed by atoms with Gasteiger partial charge in [-0.15, -0.1) is 11.8 Å². The lowest BCUT2D eigenvalue weighted by molar-refractivity contribution is 0.0954. The van der Waals surface area contributed by atoms with Crippen LogP contribution in [0.25, 0.3) is 0 Å². The van der Waals surface area contributed by atoms with Crippen molar-refractivity contribution in [3.8, 4) is 0 Å². The van der Waals surface area contributed by atoms with E-state index in [-0.39, 0.29) is 5.91 Å². The minimum atomic E-state index is -0.0742. The number of nitrogens with one attached hydrogen (secondary N) is 1. The Labute approximate surface area is 111 Å². The summed E-state index contributed by atoms with van der Waals surface area (Å²) in [6.07, 6.45) is 1.53. The van der Waals surface area contributed by atoms with Crippen molar-refractivity contribution in [3.63, 3.8) is 0 Å². The summed E-state index contributed by atoms with van der Waals surface area (Å²) in [6.45, 7) is 2.43. The minimum Gasteiger partial charge on any atom is -0.469 e. The Bertz CT molecular complexity index is 508. The molecular weight excluding hydrogens is 246 g/mol. The zero-order valence-electron chi connectivity index (χ0n) is 10.2. The molecule has 4 heteroatoms. The Hall–Kier alpha value is -1.68. The number of carbonyl (C=O) groups excluding carboxylic acids is 1. The average Bonchev–Trinajstić information content (AvgIpc) is 2.82. The molecule has 0 saturated heterocycles. The number of benzene rings is 1. The highest BCUT2D eigenvalue weighted by Crippen LogP contribution is 2.16. The molecule has 0 aliphatic rings. The summed E-state index contributed by atoms with van der Waals surface area (Å²) in [6, 6.07) is 11.8. The van der Waals surface area contributed by atoms with Crippen molar-refractivity contribution in [2.24, 2.45) is 0 Å². The molecule has 0 saturated carbocycles. The predicted octanol–water partition coefficient (Wildman–Crippen LogP) is 3.11. The SMILES string of the molecule is Cc1occc1C(=O)NCCSc1ccccc1. The lowest BCUT2D eigenvalue weighted by atomic mass is 10.2. The third-order valence-corrected chi connectivity index (χ3v) is 3.52. The van der Waals surface area contributed by atoms with E-state index in [0.717, 1.165) is 5.75 Å². The molecule has 0 atom stereocenters. The number of hydrogen-bond acceptors (Lipinski definition) is 3. The highest BCUT2D eigenvalue weighted by molar-refractivity contribution is 7.99. The monoisotopic (exact) mass is 261 g/mol. The third-order valence-electron chi connectivity index (χ3n) is 2.50. The zero-order valence-corrected chi connectivity index (χ0v) is 11.0. The van der Waals surface area contributed by atoms with Crippen molar-refractivity contribution in [3.05, 3.63) is 54.0 Å². The maximum atomic E-state index is 11.8. The molecule has 3 nitrogen and oxygen atoms in total. The summed E-state index contributed by atoms with van der Waals surface area (Å²) in [7, 11) is 0. The Morgan fingerprint density at radius 1 is 1.28 bits per heavy atom. The van der Waals surface area contributed by atoms with Gasteiger partial charge in [0.25, 0.3) is 5.91 Å². The van der Waals surface area contributed by atoms with Gasteiger partial charge in [-0.05, 0) is 25.1 Å². The van der Waals surface area contributed by atoms with Crippen LogP contribution in [-0.4, -0.2) is 18.2 Å². The van der Waals surface area contributed by atoms with Crippen molar-refractivity contribution in [1.82, 2.24) is 5.32 Å². The second kappa shape index (κ2) is 6.31. The molecule has 1 heterocycles. The maximum absolute atomic E-state index is 11.8. The van der Waals surface area contributed by atoms with E-state index in [0.29, 0.717) is 17.9 Å². The van der Waals surface area contributed by atoms with E-state index in [9.17, 15) is 4.79 Å². The summed E-state index contributed by atoms with van der Waals surface area (Å²) in [4.78, 5) is 13.0. The van der Waals surface area contributed by atoms with Gasteiger partial charge in [-0.25, -0.2) is 0 Å². The molecular formula is C14H15NO2S. The molecule has 1 aromatic heterocycles. The standard InChI is InChI=1S/C14H15NO2S/c1-11-13(7-9-17-11)14(16)15-8-10-18-12-5-3-2-4-6-12/h2-7,9H,8,10H2,1H3,(H,15,16). The van der Waals surface area contributed by atoms with Crippen LogP contribution >= 0.6 is 11.8 Å². The van der Waals surface area contributed by atoms with E-state index < -0.39 is 0 Å². The van der Waals surface area contributed by atoms with Crippen LogP contribution in [0.4, 0.5) is 0 Å². The highest BCUT2D eigenvalue weighted by Gasteiger charge is 2.09. The molecule has 0 aliphatic heterocycles. The largest absolute Gasteiger partial charge is 0.469 e. The fourth-order valence-corrected chi connectivity index (χ4v) is 2.36. The van der Waals surface area contributed by atoms with Gasteiger partial charge in [-0.3, -0.25) is 4.79 Å². The van der Waals surface area contributed by atoms with Crippen LogP contribution in [0, 0.1) is 6.92 Å². The van der Waals surface area contributed by atoms with Gasteiger partial charge in [0.15, 0.2) is 0 Å². The minimum absolute atomic E-state index is 0.0742. The normalized spacial score (nSPS) is 10.3. The van der Waals surface area contributed by atoms with E-state index >= 15 is 0 Å². The third kappa shape index (κ3) is 3.40. The predicted molar refractivity (Wildman–Crippen MR) is 72.9 cm³/mol. The topological polar surface area (TPSA) is 42.2 Å². The second-order valence-electron chi connectivity index (χ2n) is 3.81. The number of rotatable bonds is 5. The van der Waals surface area contributed by atoms with Gasteiger partial charge in [-0.1, -0.05) is 18.2 Å². The quantitative estimate of drug-likeness (QED) is 0.664. The fourth-order valence-electron chi connectivity index (χ4n) is 1.57. The van der Waals surface area contributed by atoms with Crippen LogP contribution in [0.15, 0.2) is 52.0 Å². The van der Waals surface area contributed by atoms with Crippen LogP contribution in [0.1, 0.15) is 16.1 Å². The first-order valence-corrected chi connectivity index (χ1v) is 6.76.